The highest BCUT2D eigenvalue weighted by Crippen LogP contribution is 2.19. The maximum Gasteiger partial charge on any atom is 0.119 e. The van der Waals surface area contributed by atoms with Crippen LogP contribution in [-0.4, -0.2) is 12.9 Å². The molecule has 1 aromatic rings. The largest absolute Gasteiger partial charge is 0.494 e. The number of hydrogen-bond donors (Lipinski definition) is 0. The molecule has 0 amide bonds. The minimum atomic E-state index is 0.709. The van der Waals surface area contributed by atoms with Gasteiger partial charge in [0, 0.05) is 4.90 Å². The number of thioether (sulfide) groups is 1. The fourth-order valence-electron chi connectivity index (χ4n) is 1.08. The fraction of sp³-hybridized carbons (Fsp3) is 0.500. The van der Waals surface area contributed by atoms with E-state index in [1.807, 2.05) is 12.1 Å². The quantitative estimate of drug-likeness (QED) is 0.683. The Labute approximate surface area is 90.9 Å². The van der Waals surface area contributed by atoms with Gasteiger partial charge in [-0.15, -0.1) is 11.8 Å². The molecule has 14 heavy (non-hydrogen) atoms. The molecule has 0 atom stereocenters. The predicted molar refractivity (Wildman–Crippen MR) is 63.2 cm³/mol. The van der Waals surface area contributed by atoms with Crippen molar-refractivity contribution < 1.29 is 4.74 Å². The van der Waals surface area contributed by atoms with E-state index in [-0.39, 0.29) is 0 Å². The average molecular weight is 210 g/mol. The highest BCUT2D eigenvalue weighted by atomic mass is 32.2. The maximum absolute atomic E-state index is 5.61. The number of benzene rings is 1. The van der Waals surface area contributed by atoms with Crippen LogP contribution in [0.1, 0.15) is 20.3 Å². The lowest BCUT2D eigenvalue weighted by Crippen LogP contribution is -2.00. The van der Waals surface area contributed by atoms with Crippen LogP contribution in [0.25, 0.3) is 0 Å². The van der Waals surface area contributed by atoms with Gasteiger partial charge in [-0.2, -0.15) is 0 Å². The van der Waals surface area contributed by atoms with Gasteiger partial charge in [-0.3, -0.25) is 0 Å². The predicted octanol–water partition coefficient (Wildman–Crippen LogP) is 3.83. The zero-order valence-electron chi connectivity index (χ0n) is 9.12. The van der Waals surface area contributed by atoms with Gasteiger partial charge in [0.15, 0.2) is 0 Å². The molecule has 2 heteroatoms. The van der Waals surface area contributed by atoms with E-state index in [4.69, 9.17) is 4.74 Å². The fourth-order valence-corrected chi connectivity index (χ4v) is 1.49. The van der Waals surface area contributed by atoms with Crippen LogP contribution in [0, 0.1) is 5.92 Å². The highest BCUT2D eigenvalue weighted by molar-refractivity contribution is 7.98. The Hall–Kier alpha value is -0.630. The van der Waals surface area contributed by atoms with Crippen molar-refractivity contribution in [3.63, 3.8) is 0 Å². The van der Waals surface area contributed by atoms with Gasteiger partial charge in [-0.05, 0) is 42.9 Å². The molecule has 78 valence electrons. The minimum absolute atomic E-state index is 0.709. The molecule has 0 N–H and O–H groups in total. The van der Waals surface area contributed by atoms with Crippen molar-refractivity contribution in [2.75, 3.05) is 12.9 Å². The molecule has 0 aliphatic heterocycles. The van der Waals surface area contributed by atoms with Gasteiger partial charge in [0.05, 0.1) is 6.61 Å². The van der Waals surface area contributed by atoms with E-state index < -0.39 is 0 Å². The first-order chi connectivity index (χ1) is 6.72. The lowest BCUT2D eigenvalue weighted by atomic mass is 10.1. The van der Waals surface area contributed by atoms with Crippen LogP contribution in [-0.2, 0) is 0 Å². The van der Waals surface area contributed by atoms with Gasteiger partial charge in [0.1, 0.15) is 5.75 Å². The Morgan fingerprint density at radius 1 is 1.21 bits per heavy atom. The van der Waals surface area contributed by atoms with Crippen LogP contribution in [0.2, 0.25) is 0 Å². The molecule has 1 aromatic carbocycles. The molecule has 1 nitrogen and oxygen atoms in total. The Bertz CT molecular complexity index is 254. The minimum Gasteiger partial charge on any atom is -0.494 e. The third-order valence-corrected chi connectivity index (χ3v) is 2.77. The van der Waals surface area contributed by atoms with Crippen LogP contribution in [0.3, 0.4) is 0 Å². The first-order valence-corrected chi connectivity index (χ1v) is 6.21. The molecular formula is C12H18OS. The summed E-state index contributed by atoms with van der Waals surface area (Å²) in [6.45, 7) is 5.23. The molecule has 0 aliphatic carbocycles. The van der Waals surface area contributed by atoms with Crippen molar-refractivity contribution in [2.45, 2.75) is 25.2 Å². The summed E-state index contributed by atoms with van der Waals surface area (Å²) in [5, 5.41) is 0. The van der Waals surface area contributed by atoms with Crippen molar-refractivity contribution in [1.29, 1.82) is 0 Å². The maximum atomic E-state index is 5.61. The summed E-state index contributed by atoms with van der Waals surface area (Å²) in [6, 6.07) is 8.25. The molecule has 0 aliphatic rings. The third kappa shape index (κ3) is 4.05. The normalized spacial score (nSPS) is 10.6. The summed E-state index contributed by atoms with van der Waals surface area (Å²) in [6.07, 6.45) is 3.19. The second-order valence-electron chi connectivity index (χ2n) is 3.71. The van der Waals surface area contributed by atoms with E-state index in [0.717, 1.165) is 18.8 Å². The average Bonchev–Trinajstić information content (AvgIpc) is 2.18. The molecule has 0 fully saturated rings. The van der Waals surface area contributed by atoms with E-state index in [1.165, 1.54) is 4.90 Å². The lowest BCUT2D eigenvalue weighted by Gasteiger charge is -2.08. The molecule has 0 saturated heterocycles. The summed E-state index contributed by atoms with van der Waals surface area (Å²) in [5.74, 6) is 1.68. The van der Waals surface area contributed by atoms with Crippen molar-refractivity contribution in [2.24, 2.45) is 5.92 Å². The first-order valence-electron chi connectivity index (χ1n) is 4.99. The molecule has 0 radical (unpaired) electrons. The highest BCUT2D eigenvalue weighted by Gasteiger charge is 1.96. The van der Waals surface area contributed by atoms with Crippen molar-refractivity contribution in [1.82, 2.24) is 0 Å². The van der Waals surface area contributed by atoms with E-state index in [1.54, 1.807) is 11.8 Å². The summed E-state index contributed by atoms with van der Waals surface area (Å²) in [4.78, 5) is 1.28. The van der Waals surface area contributed by atoms with E-state index >= 15 is 0 Å². The number of hydrogen-bond acceptors (Lipinski definition) is 2. The Morgan fingerprint density at radius 3 is 2.36 bits per heavy atom. The van der Waals surface area contributed by atoms with Crippen LogP contribution in [0.5, 0.6) is 5.75 Å². The summed E-state index contributed by atoms with van der Waals surface area (Å²) in [5.41, 5.74) is 0. The zero-order chi connectivity index (χ0) is 10.4. The summed E-state index contributed by atoms with van der Waals surface area (Å²) < 4.78 is 5.61. The van der Waals surface area contributed by atoms with Gasteiger partial charge < -0.3 is 4.74 Å². The molecule has 0 saturated carbocycles. The van der Waals surface area contributed by atoms with Crippen LogP contribution in [0.15, 0.2) is 29.2 Å². The zero-order valence-corrected chi connectivity index (χ0v) is 9.93. The standard InChI is InChI=1S/C12H18OS/c1-10(2)8-9-13-11-4-6-12(14-3)7-5-11/h4-7,10H,8-9H2,1-3H3. The Kier molecular flexibility index (Phi) is 4.88. The smallest absolute Gasteiger partial charge is 0.119 e. The second kappa shape index (κ2) is 5.97. The molecule has 0 unspecified atom stereocenters. The van der Waals surface area contributed by atoms with Crippen molar-refractivity contribution in [3.05, 3.63) is 24.3 Å². The van der Waals surface area contributed by atoms with E-state index in [2.05, 4.69) is 32.2 Å². The second-order valence-corrected chi connectivity index (χ2v) is 4.59. The van der Waals surface area contributed by atoms with Crippen LogP contribution in [0.4, 0.5) is 0 Å². The summed E-state index contributed by atoms with van der Waals surface area (Å²) >= 11 is 1.75. The lowest BCUT2D eigenvalue weighted by molar-refractivity contribution is 0.289. The van der Waals surface area contributed by atoms with Crippen LogP contribution < -0.4 is 4.74 Å². The number of rotatable bonds is 5. The van der Waals surface area contributed by atoms with Gasteiger partial charge in [0.25, 0.3) is 0 Å². The third-order valence-electron chi connectivity index (χ3n) is 2.02. The van der Waals surface area contributed by atoms with Crippen molar-refractivity contribution >= 4 is 11.8 Å². The van der Waals surface area contributed by atoms with Gasteiger partial charge in [-0.1, -0.05) is 13.8 Å². The molecular weight excluding hydrogens is 192 g/mol. The van der Waals surface area contributed by atoms with E-state index in [0.29, 0.717) is 5.92 Å². The first kappa shape index (κ1) is 11.4. The van der Waals surface area contributed by atoms with Gasteiger partial charge >= 0.3 is 0 Å². The monoisotopic (exact) mass is 210 g/mol. The SMILES string of the molecule is CSc1ccc(OCCC(C)C)cc1. The molecule has 0 aromatic heterocycles. The van der Waals surface area contributed by atoms with E-state index in [9.17, 15) is 0 Å². The molecule has 0 heterocycles. The molecule has 0 spiro atoms. The Morgan fingerprint density at radius 2 is 1.86 bits per heavy atom. The molecule has 0 bridgehead atoms. The van der Waals surface area contributed by atoms with Gasteiger partial charge in [0.2, 0.25) is 0 Å². The topological polar surface area (TPSA) is 9.23 Å². The van der Waals surface area contributed by atoms with Crippen molar-refractivity contribution in [3.8, 4) is 5.75 Å². The van der Waals surface area contributed by atoms with Crippen LogP contribution >= 0.6 is 11.8 Å². The number of ether oxygens (including phenoxy) is 1. The molecule has 1 rings (SSSR count). The van der Waals surface area contributed by atoms with Gasteiger partial charge in [-0.25, -0.2) is 0 Å². The Balaban J connectivity index is 2.36. The summed E-state index contributed by atoms with van der Waals surface area (Å²) in [7, 11) is 0.